The second kappa shape index (κ2) is 6.02. The average Bonchev–Trinajstić information content (AvgIpc) is 2.86. The number of hydrogen-bond acceptors (Lipinski definition) is 4. The molecule has 0 aliphatic carbocycles. The zero-order valence-electron chi connectivity index (χ0n) is 14.4. The van der Waals surface area contributed by atoms with E-state index < -0.39 is 10.0 Å². The van der Waals surface area contributed by atoms with Crippen LogP contribution in [0.1, 0.15) is 16.7 Å². The molecule has 0 saturated carbocycles. The predicted octanol–water partition coefficient (Wildman–Crippen LogP) is 3.11. The van der Waals surface area contributed by atoms with Gasteiger partial charge in [0.25, 0.3) is 10.0 Å². The molecule has 24 heavy (non-hydrogen) atoms. The minimum absolute atomic E-state index is 0.306. The second-order valence-electron chi connectivity index (χ2n) is 6.21. The summed E-state index contributed by atoms with van der Waals surface area (Å²) in [5.41, 5.74) is 4.26. The topological polar surface area (TPSA) is 58.6 Å². The van der Waals surface area contributed by atoms with Crippen molar-refractivity contribution < 1.29 is 13.2 Å². The highest BCUT2D eigenvalue weighted by Gasteiger charge is 2.22. The molecule has 3 rings (SSSR count). The van der Waals surface area contributed by atoms with E-state index in [0.717, 1.165) is 18.7 Å². The van der Waals surface area contributed by atoms with Gasteiger partial charge in [0.1, 0.15) is 5.75 Å². The number of benzene rings is 2. The van der Waals surface area contributed by atoms with Crippen molar-refractivity contribution in [3.05, 3.63) is 47.0 Å². The number of rotatable bonds is 4. The van der Waals surface area contributed by atoms with Crippen molar-refractivity contribution in [3.8, 4) is 5.75 Å². The van der Waals surface area contributed by atoms with Gasteiger partial charge in [-0.05, 0) is 67.3 Å². The molecule has 6 heteroatoms. The fourth-order valence-electron chi connectivity index (χ4n) is 3.29. The van der Waals surface area contributed by atoms with E-state index in [4.69, 9.17) is 4.74 Å². The summed E-state index contributed by atoms with van der Waals surface area (Å²) in [7, 11) is -0.0367. The quantitative estimate of drug-likeness (QED) is 0.924. The standard InChI is InChI=1S/C18H22N2O3S/c1-12-9-16(23-4)10-13(2)18(12)24(21,22)19-15-5-6-17-14(11-15)7-8-20(17)3/h5-6,9-11,19H,7-8H2,1-4H3. The van der Waals surface area contributed by atoms with Crippen LogP contribution in [0.25, 0.3) is 0 Å². The smallest absolute Gasteiger partial charge is 0.262 e. The van der Waals surface area contributed by atoms with Crippen molar-refractivity contribution in [2.24, 2.45) is 0 Å². The zero-order valence-corrected chi connectivity index (χ0v) is 15.2. The first kappa shape index (κ1) is 16.6. The third-order valence-electron chi connectivity index (χ3n) is 4.40. The van der Waals surface area contributed by atoms with Gasteiger partial charge >= 0.3 is 0 Å². The van der Waals surface area contributed by atoms with Gasteiger partial charge in [-0.15, -0.1) is 0 Å². The van der Waals surface area contributed by atoms with E-state index in [9.17, 15) is 8.42 Å². The lowest BCUT2D eigenvalue weighted by molar-refractivity contribution is 0.413. The van der Waals surface area contributed by atoms with Crippen LogP contribution in [0.4, 0.5) is 11.4 Å². The van der Waals surface area contributed by atoms with Crippen LogP contribution in [0.3, 0.4) is 0 Å². The summed E-state index contributed by atoms with van der Waals surface area (Å²) in [5.74, 6) is 0.657. The third-order valence-corrected chi connectivity index (χ3v) is 6.08. The largest absolute Gasteiger partial charge is 0.497 e. The molecule has 5 nitrogen and oxygen atoms in total. The van der Waals surface area contributed by atoms with Gasteiger partial charge in [0, 0.05) is 25.0 Å². The molecular formula is C18H22N2O3S. The normalized spacial score (nSPS) is 13.8. The van der Waals surface area contributed by atoms with E-state index in [0.29, 0.717) is 27.5 Å². The second-order valence-corrected chi connectivity index (χ2v) is 7.83. The molecule has 128 valence electrons. The van der Waals surface area contributed by atoms with Crippen molar-refractivity contribution in [3.63, 3.8) is 0 Å². The number of hydrogen-bond donors (Lipinski definition) is 1. The molecule has 0 fully saturated rings. The van der Waals surface area contributed by atoms with Gasteiger partial charge in [-0.1, -0.05) is 0 Å². The summed E-state index contributed by atoms with van der Waals surface area (Å²) in [6.45, 7) is 4.52. The number of fused-ring (bicyclic) bond motifs is 1. The number of anilines is 2. The van der Waals surface area contributed by atoms with Crippen LogP contribution in [0.2, 0.25) is 0 Å². The molecular weight excluding hydrogens is 324 g/mol. The van der Waals surface area contributed by atoms with Crippen molar-refractivity contribution in [2.75, 3.05) is 30.3 Å². The molecule has 0 aromatic heterocycles. The zero-order chi connectivity index (χ0) is 17.5. The van der Waals surface area contributed by atoms with E-state index in [-0.39, 0.29) is 0 Å². The molecule has 0 radical (unpaired) electrons. The highest BCUT2D eigenvalue weighted by Crippen LogP contribution is 2.31. The Morgan fingerprint density at radius 1 is 1.12 bits per heavy atom. The van der Waals surface area contributed by atoms with Gasteiger partial charge in [-0.25, -0.2) is 8.42 Å². The van der Waals surface area contributed by atoms with Gasteiger partial charge in [-0.2, -0.15) is 0 Å². The molecule has 0 bridgehead atoms. The minimum atomic E-state index is -3.65. The van der Waals surface area contributed by atoms with Crippen LogP contribution in [0, 0.1) is 13.8 Å². The van der Waals surface area contributed by atoms with Gasteiger partial charge in [0.05, 0.1) is 12.0 Å². The summed E-state index contributed by atoms with van der Waals surface area (Å²) in [6.07, 6.45) is 0.933. The van der Waals surface area contributed by atoms with E-state index >= 15 is 0 Å². The number of nitrogens with one attached hydrogen (secondary N) is 1. The first-order chi connectivity index (χ1) is 11.3. The number of nitrogens with zero attached hydrogens (tertiary/aromatic N) is 1. The van der Waals surface area contributed by atoms with Gasteiger partial charge in [0.2, 0.25) is 0 Å². The Kier molecular flexibility index (Phi) is 4.17. The lowest BCUT2D eigenvalue weighted by atomic mass is 10.1. The van der Waals surface area contributed by atoms with Crippen LogP contribution in [-0.4, -0.2) is 29.1 Å². The van der Waals surface area contributed by atoms with Gasteiger partial charge < -0.3 is 9.64 Å². The maximum absolute atomic E-state index is 12.8. The Morgan fingerprint density at radius 3 is 2.42 bits per heavy atom. The summed E-state index contributed by atoms with van der Waals surface area (Å²) in [4.78, 5) is 2.48. The van der Waals surface area contributed by atoms with E-state index in [1.165, 1.54) is 5.56 Å². The molecule has 0 unspecified atom stereocenters. The van der Waals surface area contributed by atoms with Crippen LogP contribution in [0.5, 0.6) is 5.75 Å². The van der Waals surface area contributed by atoms with Gasteiger partial charge in [-0.3, -0.25) is 4.72 Å². The Hall–Kier alpha value is -2.21. The minimum Gasteiger partial charge on any atom is -0.497 e. The molecule has 2 aromatic carbocycles. The highest BCUT2D eigenvalue weighted by molar-refractivity contribution is 7.92. The monoisotopic (exact) mass is 346 g/mol. The van der Waals surface area contributed by atoms with E-state index in [1.807, 2.05) is 25.2 Å². The molecule has 0 amide bonds. The molecule has 1 aliphatic heterocycles. The molecule has 0 atom stereocenters. The van der Waals surface area contributed by atoms with E-state index in [2.05, 4.69) is 9.62 Å². The van der Waals surface area contributed by atoms with Crippen molar-refractivity contribution in [2.45, 2.75) is 25.2 Å². The maximum atomic E-state index is 12.8. The van der Waals surface area contributed by atoms with Crippen LogP contribution in [0.15, 0.2) is 35.2 Å². The fraction of sp³-hybridized carbons (Fsp3) is 0.333. The molecule has 0 spiro atoms. The summed E-state index contributed by atoms with van der Waals surface area (Å²) in [6, 6.07) is 9.17. The molecule has 1 aliphatic rings. The third kappa shape index (κ3) is 2.94. The Labute approximate surface area is 143 Å². The molecule has 1 heterocycles. The Bertz CT molecular complexity index is 868. The van der Waals surface area contributed by atoms with Crippen LogP contribution in [-0.2, 0) is 16.4 Å². The fourth-order valence-corrected chi connectivity index (χ4v) is 4.79. The lowest BCUT2D eigenvalue weighted by Crippen LogP contribution is -2.16. The first-order valence-electron chi connectivity index (χ1n) is 7.84. The number of aryl methyl sites for hydroxylation is 2. The Morgan fingerprint density at radius 2 is 1.79 bits per heavy atom. The number of sulfonamides is 1. The first-order valence-corrected chi connectivity index (χ1v) is 9.32. The van der Waals surface area contributed by atoms with Crippen molar-refractivity contribution in [1.29, 1.82) is 0 Å². The lowest BCUT2D eigenvalue weighted by Gasteiger charge is -2.16. The van der Waals surface area contributed by atoms with E-state index in [1.54, 1.807) is 33.1 Å². The Balaban J connectivity index is 1.95. The summed E-state index contributed by atoms with van der Waals surface area (Å²) >= 11 is 0. The van der Waals surface area contributed by atoms with Crippen LogP contribution >= 0.6 is 0 Å². The molecule has 1 N–H and O–H groups in total. The molecule has 2 aromatic rings. The molecule has 0 saturated heterocycles. The van der Waals surface area contributed by atoms with Crippen molar-refractivity contribution >= 4 is 21.4 Å². The van der Waals surface area contributed by atoms with Crippen LogP contribution < -0.4 is 14.4 Å². The highest BCUT2D eigenvalue weighted by atomic mass is 32.2. The predicted molar refractivity (Wildman–Crippen MR) is 96.7 cm³/mol. The maximum Gasteiger partial charge on any atom is 0.262 e. The average molecular weight is 346 g/mol. The van der Waals surface area contributed by atoms with Crippen molar-refractivity contribution in [1.82, 2.24) is 0 Å². The summed E-state index contributed by atoms with van der Waals surface area (Å²) in [5, 5.41) is 0. The summed E-state index contributed by atoms with van der Waals surface area (Å²) < 4.78 is 33.6. The van der Waals surface area contributed by atoms with Gasteiger partial charge in [0.15, 0.2) is 0 Å². The number of likely N-dealkylation sites (N-methyl/N-ethyl adjacent to an activating group) is 1. The number of ether oxygens (including phenoxy) is 1. The SMILES string of the molecule is COc1cc(C)c(S(=O)(=O)Nc2ccc3c(c2)CCN3C)c(C)c1. The number of methoxy groups -OCH3 is 1.